The number of hydrogen-bond donors (Lipinski definition) is 0. The van der Waals surface area contributed by atoms with Gasteiger partial charge in [-0.1, -0.05) is 97.8 Å². The van der Waals surface area contributed by atoms with Gasteiger partial charge in [0.1, 0.15) is 0 Å². The van der Waals surface area contributed by atoms with Crippen LogP contribution in [0, 0.1) is 35.5 Å². The van der Waals surface area contributed by atoms with Gasteiger partial charge in [0.05, 0.1) is 5.69 Å². The van der Waals surface area contributed by atoms with E-state index >= 15 is 0 Å². The summed E-state index contributed by atoms with van der Waals surface area (Å²) in [6.07, 6.45) is 14.0. The van der Waals surface area contributed by atoms with Crippen molar-refractivity contribution in [2.45, 2.75) is 75.0 Å². The van der Waals surface area contributed by atoms with Gasteiger partial charge >= 0.3 is 0 Å². The highest BCUT2D eigenvalue weighted by molar-refractivity contribution is 7.26. The molecule has 0 saturated heterocycles. The maximum atomic E-state index is 2.67. The van der Waals surface area contributed by atoms with Gasteiger partial charge in [-0.2, -0.15) is 0 Å². The number of benzene rings is 6. The second kappa shape index (κ2) is 11.0. The van der Waals surface area contributed by atoms with Crippen LogP contribution >= 0.6 is 11.3 Å². The highest BCUT2D eigenvalue weighted by Crippen LogP contribution is 2.69. The van der Waals surface area contributed by atoms with Crippen LogP contribution < -0.4 is 4.90 Å². The molecule has 15 rings (SSSR count). The summed E-state index contributed by atoms with van der Waals surface area (Å²) < 4.78 is 2.73. The van der Waals surface area contributed by atoms with Crippen LogP contribution in [0.2, 0.25) is 0 Å². The minimum absolute atomic E-state index is 0.138. The van der Waals surface area contributed by atoms with E-state index in [1.54, 1.807) is 22.3 Å². The molecule has 1 aromatic heterocycles. The monoisotopic (exact) mass is 741 g/mol. The maximum absolute atomic E-state index is 2.67. The highest BCUT2D eigenvalue weighted by Gasteiger charge is 2.60. The fourth-order valence-electron chi connectivity index (χ4n) is 15.3. The topological polar surface area (TPSA) is 3.24 Å². The third-order valence-electron chi connectivity index (χ3n) is 17.0. The van der Waals surface area contributed by atoms with Crippen molar-refractivity contribution in [3.05, 3.63) is 150 Å². The predicted molar refractivity (Wildman–Crippen MR) is 234 cm³/mol. The lowest BCUT2D eigenvalue weighted by atomic mass is 9.51. The number of thiophene rings is 1. The third kappa shape index (κ3) is 3.84. The first kappa shape index (κ1) is 31.4. The molecule has 0 aliphatic heterocycles. The van der Waals surface area contributed by atoms with E-state index in [2.05, 4.69) is 132 Å². The van der Waals surface area contributed by atoms with Crippen molar-refractivity contribution in [2.75, 3.05) is 4.90 Å². The molecule has 6 saturated carbocycles. The Hall–Kier alpha value is -4.66. The first-order valence-electron chi connectivity index (χ1n) is 21.9. The van der Waals surface area contributed by atoms with E-state index in [-0.39, 0.29) is 10.8 Å². The maximum Gasteiger partial charge on any atom is 0.0554 e. The van der Waals surface area contributed by atoms with Crippen LogP contribution in [0.1, 0.15) is 86.5 Å². The zero-order chi connectivity index (χ0) is 36.3. The van der Waals surface area contributed by atoms with Crippen molar-refractivity contribution < 1.29 is 0 Å². The smallest absolute Gasteiger partial charge is 0.0554 e. The molecule has 274 valence electrons. The zero-order valence-electron chi connectivity index (χ0n) is 32.0. The Morgan fingerprint density at radius 2 is 1.14 bits per heavy atom. The average Bonchev–Trinajstić information content (AvgIpc) is 4.03. The fourth-order valence-corrected chi connectivity index (χ4v) is 16.4. The van der Waals surface area contributed by atoms with Crippen LogP contribution in [-0.4, -0.2) is 0 Å². The van der Waals surface area contributed by atoms with Crippen LogP contribution in [0.3, 0.4) is 0 Å². The van der Waals surface area contributed by atoms with Crippen molar-refractivity contribution >= 4 is 48.6 Å². The van der Waals surface area contributed by atoms with E-state index in [9.17, 15) is 0 Å². The van der Waals surface area contributed by atoms with E-state index in [4.69, 9.17) is 0 Å². The molecule has 8 unspecified atom stereocenters. The quantitative estimate of drug-likeness (QED) is 0.174. The van der Waals surface area contributed by atoms with Gasteiger partial charge in [-0.25, -0.2) is 0 Å². The Morgan fingerprint density at radius 3 is 2.04 bits per heavy atom. The Bertz CT molecular complexity index is 2800. The summed E-state index contributed by atoms with van der Waals surface area (Å²) in [4.78, 5) is 2.67. The first-order chi connectivity index (χ1) is 27.7. The summed E-state index contributed by atoms with van der Waals surface area (Å²) in [6.45, 7) is 0. The average molecular weight is 742 g/mol. The minimum atomic E-state index is 0.138. The molecule has 0 N–H and O–H groups in total. The highest BCUT2D eigenvalue weighted by atomic mass is 32.1. The molecule has 8 atom stereocenters. The van der Waals surface area contributed by atoms with E-state index in [1.165, 1.54) is 124 Å². The normalized spacial score (nSPS) is 31.0. The first-order valence-corrected chi connectivity index (χ1v) is 22.7. The molecular weight excluding hydrogens is 695 g/mol. The Kier molecular flexibility index (Phi) is 6.20. The minimum Gasteiger partial charge on any atom is -0.310 e. The van der Waals surface area contributed by atoms with Gasteiger partial charge in [-0.15, -0.1) is 11.3 Å². The third-order valence-corrected chi connectivity index (χ3v) is 18.1. The SMILES string of the molecule is c1ccc2c(c1)-c1ccc(N(c3ccc4c(c3)-c3ccccc3C43C4CCC5CC(C4)CC3C5)c3cccc4sc5ccccc5c34)cc1C21CC2CCC1C2. The number of anilines is 3. The molecule has 56 heavy (non-hydrogen) atoms. The largest absolute Gasteiger partial charge is 0.310 e. The van der Waals surface area contributed by atoms with Crippen LogP contribution in [0.5, 0.6) is 0 Å². The van der Waals surface area contributed by atoms with E-state index in [0.29, 0.717) is 0 Å². The van der Waals surface area contributed by atoms with Crippen LogP contribution in [0.15, 0.2) is 127 Å². The van der Waals surface area contributed by atoms with Crippen molar-refractivity contribution in [2.24, 2.45) is 35.5 Å². The molecule has 2 heteroatoms. The molecule has 1 nitrogen and oxygen atoms in total. The summed E-state index contributed by atoms with van der Waals surface area (Å²) in [7, 11) is 0. The standard InChI is InChI=1S/C54H47NS/c1-4-11-45-40(8-1)42-22-20-39(30-48(42)53(45)31-33-17-18-35(53)26-33)55(49-13-7-15-51-52(49)43-10-3-6-14-50(43)56-51)38-21-23-47-44(29-38)41-9-2-5-12-46(41)54(47)36-19-16-32-24-34(27-36)28-37(54)25-32/h1-15,20-23,29-30,32-37H,16-19,24-28,31H2. The van der Waals surface area contributed by atoms with E-state index in [1.807, 2.05) is 11.3 Å². The molecule has 6 bridgehead atoms. The van der Waals surface area contributed by atoms with Gasteiger partial charge in [0.15, 0.2) is 0 Å². The second-order valence-electron chi connectivity index (χ2n) is 19.2. The summed E-state index contributed by atoms with van der Waals surface area (Å²) in [5, 5.41) is 2.74. The Morgan fingerprint density at radius 1 is 0.464 bits per heavy atom. The predicted octanol–water partition coefficient (Wildman–Crippen LogP) is 14.7. The number of fused-ring (bicyclic) bond motifs is 15. The zero-order valence-corrected chi connectivity index (χ0v) is 32.8. The molecule has 2 spiro atoms. The Labute approximate surface area is 334 Å². The lowest BCUT2D eigenvalue weighted by molar-refractivity contribution is 0.0618. The summed E-state index contributed by atoms with van der Waals surface area (Å²) >= 11 is 1.93. The van der Waals surface area contributed by atoms with Crippen molar-refractivity contribution in [1.82, 2.24) is 0 Å². The number of hydrogen-bond acceptors (Lipinski definition) is 2. The molecule has 8 aliphatic rings. The molecule has 0 radical (unpaired) electrons. The second-order valence-corrected chi connectivity index (χ2v) is 20.3. The molecule has 0 amide bonds. The molecule has 8 aliphatic carbocycles. The van der Waals surface area contributed by atoms with Gasteiger partial charge in [-0.05, 0) is 174 Å². The van der Waals surface area contributed by atoms with Crippen LogP contribution in [0.25, 0.3) is 42.4 Å². The molecule has 6 fully saturated rings. The van der Waals surface area contributed by atoms with E-state index in [0.717, 1.165) is 35.5 Å². The summed E-state index contributed by atoms with van der Waals surface area (Å²) in [6, 6.07) is 50.6. The lowest BCUT2D eigenvalue weighted by Crippen LogP contribution is -2.48. The lowest BCUT2D eigenvalue weighted by Gasteiger charge is -2.53. The van der Waals surface area contributed by atoms with Gasteiger partial charge in [0, 0.05) is 42.4 Å². The Balaban J connectivity index is 1.02. The van der Waals surface area contributed by atoms with Crippen LogP contribution in [-0.2, 0) is 10.8 Å². The van der Waals surface area contributed by atoms with Crippen molar-refractivity contribution in [3.63, 3.8) is 0 Å². The van der Waals surface area contributed by atoms with Gasteiger partial charge in [0.25, 0.3) is 0 Å². The van der Waals surface area contributed by atoms with Crippen molar-refractivity contribution in [3.8, 4) is 22.3 Å². The summed E-state index contributed by atoms with van der Waals surface area (Å²) in [5.74, 6) is 4.97. The fraction of sp³-hybridized carbons (Fsp3) is 0.333. The van der Waals surface area contributed by atoms with Gasteiger partial charge in [-0.3, -0.25) is 0 Å². The molecule has 1 heterocycles. The van der Waals surface area contributed by atoms with Crippen LogP contribution in [0.4, 0.5) is 17.1 Å². The molecule has 7 aromatic rings. The van der Waals surface area contributed by atoms with Crippen molar-refractivity contribution in [1.29, 1.82) is 0 Å². The summed E-state index contributed by atoms with van der Waals surface area (Å²) in [5.41, 5.74) is 16.6. The van der Waals surface area contributed by atoms with E-state index < -0.39 is 0 Å². The number of rotatable bonds is 3. The molecular formula is C54H47NS. The number of nitrogens with zero attached hydrogens (tertiary/aromatic N) is 1. The molecule has 6 aromatic carbocycles. The van der Waals surface area contributed by atoms with Gasteiger partial charge < -0.3 is 4.90 Å². The van der Waals surface area contributed by atoms with Gasteiger partial charge in [0.2, 0.25) is 0 Å².